The lowest BCUT2D eigenvalue weighted by Gasteiger charge is -2.18. The molecule has 0 saturated heterocycles. The third kappa shape index (κ3) is 10.3. The lowest BCUT2D eigenvalue weighted by Crippen LogP contribution is -2.30. The van der Waals surface area contributed by atoms with Gasteiger partial charge < -0.3 is 9.47 Å². The van der Waals surface area contributed by atoms with Crippen molar-refractivity contribution in [3.05, 3.63) is 106 Å². The Kier molecular flexibility index (Phi) is 13.5. The Morgan fingerprint density at radius 1 is 1.07 bits per heavy atom. The molecular formula is C34H32BrClN2O4S2. The molecule has 0 saturated carbocycles. The molecule has 2 unspecified atom stereocenters. The number of thioether (sulfide) groups is 1. The molecule has 0 aliphatic carbocycles. The predicted octanol–water partition coefficient (Wildman–Crippen LogP) is 8.47. The molecule has 228 valence electrons. The largest absolute Gasteiger partial charge is 0.458 e. The Balaban J connectivity index is 1.50. The standard InChI is InChI=1S/C34H32BrClN2O4S2/c1-2-3-17-44(40)23-29(21-41-20-24-9-15-28(36)16-10-24)42-33(39)22-43-34-31(19-37)30(25-7-5-4-6-8-25)18-32(38-34)26-11-13-27(35)14-12-26/h4-16,18,29H,2-3,17,20-23H2,1H3. The maximum atomic E-state index is 13.1. The van der Waals surface area contributed by atoms with Gasteiger partial charge in [0.05, 0.1) is 36.0 Å². The van der Waals surface area contributed by atoms with Gasteiger partial charge in [0.15, 0.2) is 0 Å². The van der Waals surface area contributed by atoms with Gasteiger partial charge in [-0.2, -0.15) is 5.26 Å². The van der Waals surface area contributed by atoms with Gasteiger partial charge in [-0.05, 0) is 47.9 Å². The first-order valence-corrected chi connectivity index (χ1v) is 17.8. The van der Waals surface area contributed by atoms with Crippen LogP contribution in [0.15, 0.2) is 94.4 Å². The smallest absolute Gasteiger partial charge is 0.316 e. The lowest BCUT2D eigenvalue weighted by molar-refractivity contribution is -0.147. The fourth-order valence-electron chi connectivity index (χ4n) is 4.30. The van der Waals surface area contributed by atoms with Gasteiger partial charge in [0.25, 0.3) is 0 Å². The van der Waals surface area contributed by atoms with Gasteiger partial charge in [0, 0.05) is 37.2 Å². The van der Waals surface area contributed by atoms with Crippen molar-refractivity contribution in [2.45, 2.75) is 37.5 Å². The molecule has 4 aromatic rings. The van der Waals surface area contributed by atoms with Gasteiger partial charge in [-0.3, -0.25) is 9.00 Å². The van der Waals surface area contributed by atoms with E-state index in [2.05, 4.69) is 22.0 Å². The van der Waals surface area contributed by atoms with Crippen LogP contribution < -0.4 is 0 Å². The van der Waals surface area contributed by atoms with Crippen LogP contribution in [0.1, 0.15) is 30.9 Å². The number of aromatic nitrogens is 1. The second-order valence-electron chi connectivity index (χ2n) is 9.93. The molecule has 3 aromatic carbocycles. The summed E-state index contributed by atoms with van der Waals surface area (Å²) >= 11 is 10.6. The van der Waals surface area contributed by atoms with Crippen molar-refractivity contribution < 1.29 is 18.5 Å². The number of unbranched alkanes of at least 4 members (excludes halogenated alkanes) is 1. The summed E-state index contributed by atoms with van der Waals surface area (Å²) < 4.78 is 25.3. The molecule has 0 aliphatic rings. The van der Waals surface area contributed by atoms with Crippen LogP contribution in [0, 0.1) is 11.3 Å². The minimum absolute atomic E-state index is 0.0744. The van der Waals surface area contributed by atoms with Crippen LogP contribution in [-0.2, 0) is 31.7 Å². The fourth-order valence-corrected chi connectivity index (χ4v) is 6.83. The molecule has 10 heteroatoms. The number of rotatable bonds is 15. The van der Waals surface area contributed by atoms with Crippen LogP contribution in [0.5, 0.6) is 0 Å². The van der Waals surface area contributed by atoms with Crippen LogP contribution in [-0.4, -0.2) is 45.1 Å². The second kappa shape index (κ2) is 17.5. The molecular weight excluding hydrogens is 680 g/mol. The van der Waals surface area contributed by atoms with E-state index in [-0.39, 0.29) is 18.1 Å². The Morgan fingerprint density at radius 3 is 2.48 bits per heavy atom. The number of nitrogens with zero attached hydrogens (tertiary/aromatic N) is 2. The van der Waals surface area contributed by atoms with E-state index in [0.29, 0.717) is 33.7 Å². The van der Waals surface area contributed by atoms with Gasteiger partial charge in [-0.25, -0.2) is 4.98 Å². The van der Waals surface area contributed by atoms with Crippen LogP contribution in [0.4, 0.5) is 0 Å². The van der Waals surface area contributed by atoms with Crippen LogP contribution in [0.3, 0.4) is 0 Å². The van der Waals surface area contributed by atoms with Crippen LogP contribution in [0.2, 0.25) is 5.02 Å². The molecule has 0 radical (unpaired) electrons. The minimum Gasteiger partial charge on any atom is -0.458 e. The number of benzene rings is 3. The molecule has 2 atom stereocenters. The molecule has 44 heavy (non-hydrogen) atoms. The Morgan fingerprint density at radius 2 is 1.80 bits per heavy atom. The molecule has 1 aromatic heterocycles. The first kappa shape index (κ1) is 33.9. The van der Waals surface area contributed by atoms with Crippen molar-refractivity contribution in [1.82, 2.24) is 4.98 Å². The highest BCUT2D eigenvalue weighted by Gasteiger charge is 2.21. The quantitative estimate of drug-likeness (QED) is 0.0903. The summed E-state index contributed by atoms with van der Waals surface area (Å²) in [5.74, 6) is 0.158. The molecule has 0 amide bonds. The third-order valence-electron chi connectivity index (χ3n) is 6.53. The summed E-state index contributed by atoms with van der Waals surface area (Å²) in [4.78, 5) is 17.9. The number of carbonyl (C=O) groups excluding carboxylic acids is 1. The lowest BCUT2D eigenvalue weighted by atomic mass is 9.99. The Hall–Kier alpha value is -3.00. The number of halogens is 2. The maximum absolute atomic E-state index is 13.1. The number of esters is 1. The van der Waals surface area contributed by atoms with Gasteiger partial charge in [0.1, 0.15) is 17.2 Å². The highest BCUT2D eigenvalue weighted by molar-refractivity contribution is 9.10. The van der Waals surface area contributed by atoms with Crippen molar-refractivity contribution in [3.8, 4) is 28.5 Å². The molecule has 0 fully saturated rings. The number of nitriles is 1. The number of hydrogen-bond donors (Lipinski definition) is 0. The van der Waals surface area contributed by atoms with E-state index in [1.807, 2.05) is 79.7 Å². The maximum Gasteiger partial charge on any atom is 0.316 e. The highest BCUT2D eigenvalue weighted by Crippen LogP contribution is 2.34. The van der Waals surface area contributed by atoms with Crippen molar-refractivity contribution in [2.75, 3.05) is 23.9 Å². The first-order chi connectivity index (χ1) is 21.4. The van der Waals surface area contributed by atoms with Crippen molar-refractivity contribution >= 4 is 56.1 Å². The zero-order chi connectivity index (χ0) is 31.3. The van der Waals surface area contributed by atoms with Gasteiger partial charge >= 0.3 is 5.97 Å². The Labute approximate surface area is 278 Å². The normalized spacial score (nSPS) is 12.3. The predicted molar refractivity (Wildman–Crippen MR) is 182 cm³/mol. The molecule has 0 bridgehead atoms. The minimum atomic E-state index is -1.15. The SMILES string of the molecule is CCCCS(=O)CC(COCc1ccc(Cl)cc1)OC(=O)CSc1nc(-c2ccc(Br)cc2)cc(-c2ccccc2)c1C#N. The monoisotopic (exact) mass is 710 g/mol. The van der Waals surface area contributed by atoms with Gasteiger partial charge in [-0.15, -0.1) is 0 Å². The zero-order valence-corrected chi connectivity index (χ0v) is 28.2. The summed E-state index contributed by atoms with van der Waals surface area (Å²) in [5, 5.41) is 11.2. The molecule has 4 rings (SSSR count). The number of pyridine rings is 1. The van der Waals surface area contributed by atoms with E-state index in [1.165, 1.54) is 0 Å². The summed E-state index contributed by atoms with van der Waals surface area (Å²) in [7, 11) is -1.15. The van der Waals surface area contributed by atoms with Gasteiger partial charge in [-0.1, -0.05) is 107 Å². The molecule has 0 N–H and O–H groups in total. The van der Waals surface area contributed by atoms with Crippen LogP contribution >= 0.6 is 39.3 Å². The number of hydrogen-bond acceptors (Lipinski definition) is 7. The zero-order valence-electron chi connectivity index (χ0n) is 24.2. The Bertz CT molecular complexity index is 1600. The van der Waals surface area contributed by atoms with E-state index in [1.54, 1.807) is 12.1 Å². The summed E-state index contributed by atoms with van der Waals surface area (Å²) in [6.07, 6.45) is 1.08. The van der Waals surface area contributed by atoms with E-state index < -0.39 is 22.9 Å². The summed E-state index contributed by atoms with van der Waals surface area (Å²) in [6.45, 7) is 2.46. The van der Waals surface area contributed by atoms with Crippen molar-refractivity contribution in [3.63, 3.8) is 0 Å². The average molecular weight is 712 g/mol. The summed E-state index contributed by atoms with van der Waals surface area (Å²) in [6, 6.07) is 28.9. The first-order valence-electron chi connectivity index (χ1n) is 14.1. The number of carbonyl (C=O) groups is 1. The molecule has 1 heterocycles. The molecule has 6 nitrogen and oxygen atoms in total. The third-order valence-corrected chi connectivity index (χ3v) is 9.75. The summed E-state index contributed by atoms with van der Waals surface area (Å²) in [5.41, 5.74) is 4.49. The average Bonchev–Trinajstić information content (AvgIpc) is 3.04. The van der Waals surface area contributed by atoms with Gasteiger partial charge in [0.2, 0.25) is 0 Å². The van der Waals surface area contributed by atoms with Crippen molar-refractivity contribution in [1.29, 1.82) is 5.26 Å². The van der Waals surface area contributed by atoms with Crippen LogP contribution in [0.25, 0.3) is 22.4 Å². The second-order valence-corrected chi connectivity index (χ2v) is 13.9. The topological polar surface area (TPSA) is 89.3 Å². The molecule has 0 aliphatic heterocycles. The highest BCUT2D eigenvalue weighted by atomic mass is 79.9. The van der Waals surface area contributed by atoms with E-state index in [9.17, 15) is 14.3 Å². The molecule has 0 spiro atoms. The number of ether oxygens (including phenoxy) is 2. The fraction of sp³-hybridized carbons (Fsp3) is 0.265. The van der Waals surface area contributed by atoms with E-state index >= 15 is 0 Å². The van der Waals surface area contributed by atoms with Crippen molar-refractivity contribution in [2.24, 2.45) is 0 Å². The van der Waals surface area contributed by atoms with E-state index in [4.69, 9.17) is 26.1 Å². The van der Waals surface area contributed by atoms with E-state index in [0.717, 1.165) is 51.3 Å².